The van der Waals surface area contributed by atoms with E-state index in [0.29, 0.717) is 6.54 Å². The smallest absolute Gasteiger partial charge is 0.410 e. The van der Waals surface area contributed by atoms with Crippen molar-refractivity contribution in [3.63, 3.8) is 0 Å². The van der Waals surface area contributed by atoms with Gasteiger partial charge in [0.25, 0.3) is 0 Å². The number of amides is 1. The Labute approximate surface area is 140 Å². The van der Waals surface area contributed by atoms with Crippen molar-refractivity contribution in [2.45, 2.75) is 78.4 Å². The van der Waals surface area contributed by atoms with Gasteiger partial charge < -0.3 is 14.6 Å². The fourth-order valence-corrected chi connectivity index (χ4v) is 1.86. The molecule has 0 rings (SSSR count). The van der Waals surface area contributed by atoms with Crippen LogP contribution >= 0.6 is 0 Å². The van der Waals surface area contributed by atoms with E-state index in [9.17, 15) is 9.59 Å². The van der Waals surface area contributed by atoms with E-state index < -0.39 is 23.3 Å². The summed E-state index contributed by atoms with van der Waals surface area (Å²) < 4.78 is 10.6. The maximum atomic E-state index is 12.2. The number of carbonyl (C=O) groups excluding carboxylic acids is 2. The fourth-order valence-electron chi connectivity index (χ4n) is 1.86. The number of rotatable bonds is 8. The molecule has 0 aromatic heterocycles. The minimum Gasteiger partial charge on any atom is -0.459 e. The molecule has 0 aliphatic carbocycles. The van der Waals surface area contributed by atoms with E-state index >= 15 is 0 Å². The summed E-state index contributed by atoms with van der Waals surface area (Å²) in [5, 5.41) is 8.77. The van der Waals surface area contributed by atoms with Crippen molar-refractivity contribution in [1.29, 1.82) is 0 Å². The van der Waals surface area contributed by atoms with E-state index in [0.717, 1.165) is 25.7 Å². The van der Waals surface area contributed by atoms with Gasteiger partial charge in [-0.2, -0.15) is 0 Å². The lowest BCUT2D eigenvalue weighted by Gasteiger charge is -2.28. The number of ether oxygens (including phenoxy) is 2. The number of hydrogen-bond acceptors (Lipinski definition) is 5. The second-order valence-electron chi connectivity index (χ2n) is 7.63. The summed E-state index contributed by atoms with van der Waals surface area (Å²) in [4.78, 5) is 25.6. The van der Waals surface area contributed by atoms with Gasteiger partial charge in [-0.3, -0.25) is 9.69 Å². The van der Waals surface area contributed by atoms with Crippen molar-refractivity contribution < 1.29 is 24.2 Å². The van der Waals surface area contributed by atoms with E-state index in [1.54, 1.807) is 41.5 Å². The van der Waals surface area contributed by atoms with Crippen LogP contribution in [0.3, 0.4) is 0 Å². The molecule has 136 valence electrons. The summed E-state index contributed by atoms with van der Waals surface area (Å²) in [6.07, 6.45) is 2.77. The lowest BCUT2D eigenvalue weighted by Crippen LogP contribution is -2.42. The summed E-state index contributed by atoms with van der Waals surface area (Å²) in [7, 11) is 0. The Bertz CT molecular complexity index is 368. The van der Waals surface area contributed by atoms with Crippen molar-refractivity contribution in [2.75, 3.05) is 19.7 Å². The molecule has 0 heterocycles. The van der Waals surface area contributed by atoms with Gasteiger partial charge in [0.1, 0.15) is 17.7 Å². The Morgan fingerprint density at radius 2 is 1.39 bits per heavy atom. The maximum Gasteiger partial charge on any atom is 0.410 e. The minimum atomic E-state index is -0.611. The third-order valence-electron chi connectivity index (χ3n) is 2.73. The van der Waals surface area contributed by atoms with Crippen LogP contribution in [-0.2, 0) is 14.3 Å². The zero-order valence-corrected chi connectivity index (χ0v) is 15.5. The van der Waals surface area contributed by atoms with Gasteiger partial charge in [0.15, 0.2) is 0 Å². The van der Waals surface area contributed by atoms with E-state index in [4.69, 9.17) is 14.6 Å². The van der Waals surface area contributed by atoms with E-state index in [2.05, 4.69) is 0 Å². The predicted octanol–water partition coefficient (Wildman–Crippen LogP) is 3.12. The van der Waals surface area contributed by atoms with Crippen LogP contribution in [-0.4, -0.2) is 53.0 Å². The fraction of sp³-hybridized carbons (Fsp3) is 0.882. The number of aliphatic hydroxyl groups excluding tert-OH is 1. The highest BCUT2D eigenvalue weighted by Gasteiger charge is 2.26. The molecule has 0 fully saturated rings. The highest BCUT2D eigenvalue weighted by Crippen LogP contribution is 2.13. The van der Waals surface area contributed by atoms with E-state index in [1.165, 1.54) is 4.90 Å². The van der Waals surface area contributed by atoms with Crippen molar-refractivity contribution in [2.24, 2.45) is 0 Å². The standard InChI is InChI=1S/C17H33NO5/c1-16(2,3)22-14(20)13-18(11-9-7-8-10-12-19)15(21)23-17(4,5)6/h19H,7-13H2,1-6H3. The molecule has 0 radical (unpaired) electrons. The van der Waals surface area contributed by atoms with Gasteiger partial charge in [0.2, 0.25) is 0 Å². The predicted molar refractivity (Wildman–Crippen MR) is 89.2 cm³/mol. The molecular weight excluding hydrogens is 298 g/mol. The Hall–Kier alpha value is -1.30. The number of unbranched alkanes of at least 4 members (excludes halogenated alkanes) is 3. The van der Waals surface area contributed by atoms with Gasteiger partial charge >= 0.3 is 12.1 Å². The van der Waals surface area contributed by atoms with Crippen LogP contribution in [0.5, 0.6) is 0 Å². The van der Waals surface area contributed by atoms with Crippen molar-refractivity contribution >= 4 is 12.1 Å². The molecule has 0 saturated carbocycles. The molecular formula is C17H33NO5. The average Bonchev–Trinajstić information content (AvgIpc) is 2.32. The monoisotopic (exact) mass is 331 g/mol. The van der Waals surface area contributed by atoms with Crippen LogP contribution in [0.4, 0.5) is 4.79 Å². The summed E-state index contributed by atoms with van der Waals surface area (Å²) in [5.41, 5.74) is -1.20. The van der Waals surface area contributed by atoms with E-state index in [1.807, 2.05) is 0 Å². The first kappa shape index (κ1) is 21.7. The minimum absolute atomic E-state index is 0.119. The van der Waals surface area contributed by atoms with Gasteiger partial charge in [-0.15, -0.1) is 0 Å². The topological polar surface area (TPSA) is 76.1 Å². The molecule has 0 saturated heterocycles. The maximum absolute atomic E-state index is 12.2. The SMILES string of the molecule is CC(C)(C)OC(=O)CN(CCCCCCO)C(=O)OC(C)(C)C. The highest BCUT2D eigenvalue weighted by molar-refractivity contribution is 5.78. The van der Waals surface area contributed by atoms with Crippen LogP contribution < -0.4 is 0 Å². The number of aliphatic hydroxyl groups is 1. The van der Waals surface area contributed by atoms with Crippen LogP contribution in [0.1, 0.15) is 67.2 Å². The molecule has 0 aromatic rings. The number of carbonyl (C=O) groups is 2. The number of esters is 1. The lowest BCUT2D eigenvalue weighted by molar-refractivity contribution is -0.156. The molecule has 0 aliphatic rings. The first-order chi connectivity index (χ1) is 10.4. The zero-order chi connectivity index (χ0) is 18.1. The summed E-state index contributed by atoms with van der Waals surface area (Å²) in [5.74, 6) is -0.446. The Kier molecular flexibility index (Phi) is 9.20. The molecule has 0 unspecified atom stereocenters. The molecule has 6 nitrogen and oxygen atoms in total. The number of nitrogens with zero attached hydrogens (tertiary/aromatic N) is 1. The molecule has 23 heavy (non-hydrogen) atoms. The Balaban J connectivity index is 4.60. The summed E-state index contributed by atoms with van der Waals surface area (Å²) >= 11 is 0. The normalized spacial score (nSPS) is 12.0. The van der Waals surface area contributed by atoms with Crippen LogP contribution in [0.2, 0.25) is 0 Å². The van der Waals surface area contributed by atoms with Crippen LogP contribution in [0.15, 0.2) is 0 Å². The first-order valence-electron chi connectivity index (χ1n) is 8.25. The third kappa shape index (κ3) is 12.9. The second-order valence-corrected chi connectivity index (χ2v) is 7.63. The molecule has 6 heteroatoms. The number of hydrogen-bond donors (Lipinski definition) is 1. The largest absolute Gasteiger partial charge is 0.459 e. The zero-order valence-electron chi connectivity index (χ0n) is 15.5. The van der Waals surface area contributed by atoms with Crippen molar-refractivity contribution in [3.8, 4) is 0 Å². The van der Waals surface area contributed by atoms with Crippen LogP contribution in [0.25, 0.3) is 0 Å². The quantitative estimate of drug-likeness (QED) is 0.546. The molecule has 0 atom stereocenters. The molecule has 1 amide bonds. The van der Waals surface area contributed by atoms with Gasteiger partial charge in [-0.25, -0.2) is 4.79 Å². The Morgan fingerprint density at radius 3 is 1.87 bits per heavy atom. The second kappa shape index (κ2) is 9.75. The van der Waals surface area contributed by atoms with Gasteiger partial charge in [-0.05, 0) is 54.4 Å². The van der Waals surface area contributed by atoms with Gasteiger partial charge in [0, 0.05) is 13.2 Å². The van der Waals surface area contributed by atoms with E-state index in [-0.39, 0.29) is 13.2 Å². The lowest BCUT2D eigenvalue weighted by atomic mass is 10.2. The van der Waals surface area contributed by atoms with Crippen molar-refractivity contribution in [1.82, 2.24) is 4.90 Å². The van der Waals surface area contributed by atoms with Crippen molar-refractivity contribution in [3.05, 3.63) is 0 Å². The molecule has 0 aliphatic heterocycles. The van der Waals surface area contributed by atoms with Gasteiger partial charge in [-0.1, -0.05) is 12.8 Å². The molecule has 0 bridgehead atoms. The summed E-state index contributed by atoms with van der Waals surface area (Å²) in [6, 6.07) is 0. The van der Waals surface area contributed by atoms with Gasteiger partial charge in [0.05, 0.1) is 0 Å². The first-order valence-corrected chi connectivity index (χ1v) is 8.25. The molecule has 1 N–H and O–H groups in total. The molecule has 0 aromatic carbocycles. The highest BCUT2D eigenvalue weighted by atomic mass is 16.6. The van der Waals surface area contributed by atoms with Crippen LogP contribution in [0, 0.1) is 0 Å². The summed E-state index contributed by atoms with van der Waals surface area (Å²) in [6.45, 7) is 11.2. The Morgan fingerprint density at radius 1 is 0.870 bits per heavy atom. The third-order valence-corrected chi connectivity index (χ3v) is 2.73. The molecule has 0 spiro atoms. The average molecular weight is 331 g/mol.